The smallest absolute Gasteiger partial charge is 0.287 e. The number of aliphatic hydroxyl groups excluding tert-OH is 1. The Bertz CT molecular complexity index is 478. The number of nitrogens with one attached hydrogen (secondary N) is 1. The molecule has 0 saturated heterocycles. The van der Waals surface area contributed by atoms with Crippen molar-refractivity contribution >= 4 is 17.3 Å². The number of aliphatic hydroxyl groups is 1. The van der Waals surface area contributed by atoms with Crippen molar-refractivity contribution in [3.8, 4) is 0 Å². The lowest BCUT2D eigenvalue weighted by Crippen LogP contribution is -2.33. The molecule has 1 atom stereocenters. The van der Waals surface area contributed by atoms with Crippen molar-refractivity contribution < 1.29 is 5.11 Å². The molecule has 1 unspecified atom stereocenters. The van der Waals surface area contributed by atoms with E-state index >= 15 is 0 Å². The van der Waals surface area contributed by atoms with Crippen LogP contribution in [0.2, 0.25) is 5.02 Å². The number of aromatic nitrogens is 2. The molecule has 0 amide bonds. The van der Waals surface area contributed by atoms with Crippen LogP contribution in [-0.4, -0.2) is 52.6 Å². The van der Waals surface area contributed by atoms with Crippen LogP contribution in [0, 0.1) is 0 Å². The van der Waals surface area contributed by atoms with Crippen molar-refractivity contribution in [2.75, 3.05) is 32.1 Å². The van der Waals surface area contributed by atoms with Gasteiger partial charge in [0.1, 0.15) is 5.02 Å². The Balaban J connectivity index is 2.61. The highest BCUT2D eigenvalue weighted by Crippen LogP contribution is 2.14. The van der Waals surface area contributed by atoms with Gasteiger partial charge in [0.2, 0.25) is 0 Å². The van der Waals surface area contributed by atoms with Crippen molar-refractivity contribution in [1.29, 1.82) is 0 Å². The van der Waals surface area contributed by atoms with Gasteiger partial charge in [0.05, 0.1) is 25.0 Å². The first kappa shape index (κ1) is 16.9. The molecule has 1 aromatic heterocycles. The van der Waals surface area contributed by atoms with E-state index in [4.69, 9.17) is 16.7 Å². The van der Waals surface area contributed by atoms with Crippen LogP contribution in [0.3, 0.4) is 0 Å². The molecule has 0 spiro atoms. The number of hydrogen-bond acceptors (Lipinski definition) is 5. The standard InChI is InChI=1S/C13H23ClN4O2/c1-4-10(2)17(3)6-5-15-11-9-16-18(7-8-19)13(20)12(11)14/h9-10,15,19H,4-8H2,1-3H3. The second kappa shape index (κ2) is 8.24. The molecule has 2 N–H and O–H groups in total. The van der Waals surface area contributed by atoms with Crippen LogP contribution in [-0.2, 0) is 6.54 Å². The average Bonchev–Trinajstić information content (AvgIpc) is 2.45. The Morgan fingerprint density at radius 3 is 2.90 bits per heavy atom. The number of hydrogen-bond donors (Lipinski definition) is 2. The first-order chi connectivity index (χ1) is 9.51. The third kappa shape index (κ3) is 4.47. The second-order valence-electron chi connectivity index (χ2n) is 4.79. The SMILES string of the molecule is CCC(C)N(C)CCNc1cnn(CCO)c(=O)c1Cl. The highest BCUT2D eigenvalue weighted by molar-refractivity contribution is 6.32. The van der Waals surface area contributed by atoms with Crippen molar-refractivity contribution in [3.63, 3.8) is 0 Å². The predicted octanol–water partition coefficient (Wildman–Crippen LogP) is 1.03. The largest absolute Gasteiger partial charge is 0.394 e. The van der Waals surface area contributed by atoms with Crippen LogP contribution in [0.25, 0.3) is 0 Å². The lowest BCUT2D eigenvalue weighted by molar-refractivity contribution is 0.261. The molecule has 0 fully saturated rings. The summed E-state index contributed by atoms with van der Waals surface area (Å²) in [7, 11) is 2.06. The van der Waals surface area contributed by atoms with Gasteiger partial charge >= 0.3 is 0 Å². The van der Waals surface area contributed by atoms with Crippen molar-refractivity contribution in [2.45, 2.75) is 32.9 Å². The van der Waals surface area contributed by atoms with Crippen LogP contribution in [0.15, 0.2) is 11.0 Å². The molecule has 7 heteroatoms. The first-order valence-corrected chi connectivity index (χ1v) is 7.19. The summed E-state index contributed by atoms with van der Waals surface area (Å²) in [5.74, 6) is 0. The fraction of sp³-hybridized carbons (Fsp3) is 0.692. The van der Waals surface area contributed by atoms with E-state index in [0.29, 0.717) is 18.3 Å². The van der Waals surface area contributed by atoms with Crippen LogP contribution >= 0.6 is 11.6 Å². The fourth-order valence-corrected chi connectivity index (χ4v) is 1.95. The van der Waals surface area contributed by atoms with Crippen molar-refractivity contribution in [3.05, 3.63) is 21.6 Å². The Kier molecular flexibility index (Phi) is 6.98. The average molecular weight is 303 g/mol. The van der Waals surface area contributed by atoms with Gasteiger partial charge in [0, 0.05) is 19.1 Å². The highest BCUT2D eigenvalue weighted by atomic mass is 35.5. The number of rotatable bonds is 8. The van der Waals surface area contributed by atoms with E-state index in [1.54, 1.807) is 0 Å². The molecular weight excluding hydrogens is 280 g/mol. The van der Waals surface area contributed by atoms with Crippen LogP contribution in [0.5, 0.6) is 0 Å². The van der Waals surface area contributed by atoms with Crippen molar-refractivity contribution in [2.24, 2.45) is 0 Å². The van der Waals surface area contributed by atoms with E-state index < -0.39 is 0 Å². The predicted molar refractivity (Wildman–Crippen MR) is 81.5 cm³/mol. The van der Waals surface area contributed by atoms with Crippen LogP contribution in [0.4, 0.5) is 5.69 Å². The molecule has 0 aliphatic carbocycles. The third-order valence-corrected chi connectivity index (χ3v) is 3.79. The van der Waals surface area contributed by atoms with Crippen molar-refractivity contribution in [1.82, 2.24) is 14.7 Å². The summed E-state index contributed by atoms with van der Waals surface area (Å²) >= 11 is 6.01. The van der Waals surface area contributed by atoms with E-state index in [9.17, 15) is 4.79 Å². The maximum Gasteiger partial charge on any atom is 0.287 e. The Morgan fingerprint density at radius 2 is 2.30 bits per heavy atom. The molecule has 1 aromatic rings. The summed E-state index contributed by atoms with van der Waals surface area (Å²) in [6.45, 7) is 5.86. The zero-order chi connectivity index (χ0) is 15.1. The molecule has 20 heavy (non-hydrogen) atoms. The molecule has 0 saturated carbocycles. The minimum absolute atomic E-state index is 0.111. The van der Waals surface area contributed by atoms with E-state index in [2.05, 4.69) is 36.2 Å². The molecule has 0 aliphatic heterocycles. The van der Waals surface area contributed by atoms with Gasteiger partial charge in [0.15, 0.2) is 0 Å². The molecular formula is C13H23ClN4O2. The molecule has 0 aromatic carbocycles. The minimum atomic E-state index is -0.388. The molecule has 0 radical (unpaired) electrons. The lowest BCUT2D eigenvalue weighted by atomic mass is 10.2. The Labute approximate surface area is 124 Å². The number of halogens is 1. The molecule has 1 rings (SSSR count). The minimum Gasteiger partial charge on any atom is -0.394 e. The molecule has 0 aliphatic rings. The summed E-state index contributed by atoms with van der Waals surface area (Å²) in [4.78, 5) is 14.1. The van der Waals surface area contributed by atoms with Gasteiger partial charge in [-0.05, 0) is 20.4 Å². The molecule has 0 bridgehead atoms. The van der Waals surface area contributed by atoms with Gasteiger partial charge < -0.3 is 15.3 Å². The maximum atomic E-state index is 11.8. The second-order valence-corrected chi connectivity index (χ2v) is 5.17. The Hall–Kier alpha value is -1.11. The Morgan fingerprint density at radius 1 is 1.60 bits per heavy atom. The quantitative estimate of drug-likeness (QED) is 0.750. The van der Waals surface area contributed by atoms with Gasteiger partial charge in [-0.15, -0.1) is 0 Å². The number of nitrogens with zero attached hydrogens (tertiary/aromatic N) is 3. The first-order valence-electron chi connectivity index (χ1n) is 6.81. The normalized spacial score (nSPS) is 12.7. The lowest BCUT2D eigenvalue weighted by Gasteiger charge is -2.23. The van der Waals surface area contributed by atoms with E-state index in [0.717, 1.165) is 17.6 Å². The van der Waals surface area contributed by atoms with Gasteiger partial charge in [0.25, 0.3) is 5.56 Å². The summed E-state index contributed by atoms with van der Waals surface area (Å²) in [6.07, 6.45) is 2.61. The summed E-state index contributed by atoms with van der Waals surface area (Å²) in [5, 5.41) is 16.0. The maximum absolute atomic E-state index is 11.8. The number of anilines is 1. The van der Waals surface area contributed by atoms with Gasteiger partial charge in [-0.1, -0.05) is 18.5 Å². The zero-order valence-corrected chi connectivity index (χ0v) is 13.0. The van der Waals surface area contributed by atoms with E-state index in [1.807, 2.05) is 0 Å². The third-order valence-electron chi connectivity index (χ3n) is 3.42. The molecule has 1 heterocycles. The van der Waals surface area contributed by atoms with Gasteiger partial charge in [-0.25, -0.2) is 4.68 Å². The monoisotopic (exact) mass is 302 g/mol. The van der Waals surface area contributed by atoms with E-state index in [1.165, 1.54) is 6.20 Å². The summed E-state index contributed by atoms with van der Waals surface area (Å²) in [6, 6.07) is 0.517. The molecule has 114 valence electrons. The summed E-state index contributed by atoms with van der Waals surface area (Å²) < 4.78 is 1.15. The number of likely N-dealkylation sites (N-methyl/N-ethyl adjacent to an activating group) is 1. The van der Waals surface area contributed by atoms with Gasteiger partial charge in [-0.2, -0.15) is 5.10 Å². The fourth-order valence-electron chi connectivity index (χ4n) is 1.74. The zero-order valence-electron chi connectivity index (χ0n) is 12.3. The highest BCUT2D eigenvalue weighted by Gasteiger charge is 2.10. The van der Waals surface area contributed by atoms with Gasteiger partial charge in [-0.3, -0.25) is 4.79 Å². The van der Waals surface area contributed by atoms with Crippen LogP contribution < -0.4 is 10.9 Å². The van der Waals surface area contributed by atoms with Crippen LogP contribution in [0.1, 0.15) is 20.3 Å². The summed E-state index contributed by atoms with van der Waals surface area (Å²) in [5.41, 5.74) is 0.143. The topological polar surface area (TPSA) is 70.4 Å². The van der Waals surface area contributed by atoms with E-state index in [-0.39, 0.29) is 23.7 Å². The molecule has 6 nitrogen and oxygen atoms in total.